The zero-order valence-corrected chi connectivity index (χ0v) is 34.4. The summed E-state index contributed by atoms with van der Waals surface area (Å²) in [5.74, 6) is 0. The van der Waals surface area contributed by atoms with Crippen LogP contribution in [-0.2, 0) is 0 Å². The maximum atomic E-state index is 10.3. The van der Waals surface area contributed by atoms with Gasteiger partial charge < -0.3 is 9.80 Å². The summed E-state index contributed by atoms with van der Waals surface area (Å²) in [7, 11) is 0. The van der Waals surface area contributed by atoms with Gasteiger partial charge in [-0.05, 0) is 117 Å². The van der Waals surface area contributed by atoms with E-state index in [4.69, 9.17) is 5.48 Å². The van der Waals surface area contributed by atoms with E-state index in [0.717, 1.165) is 64.6 Å². The van der Waals surface area contributed by atoms with Crippen molar-refractivity contribution < 1.29 is 16.4 Å². The molecule has 0 unspecified atom stereocenters. The van der Waals surface area contributed by atoms with E-state index < -0.39 is 67.1 Å². The number of fused-ring (bicyclic) bond motifs is 20. The molecule has 2 aliphatic rings. The summed E-state index contributed by atoms with van der Waals surface area (Å²) in [4.78, 5) is 3.90. The fourth-order valence-electron chi connectivity index (χ4n) is 11.3. The molecule has 0 radical (unpaired) electrons. The molecule has 65 heavy (non-hydrogen) atoms. The first-order chi connectivity index (χ1) is 37.3. The monoisotopic (exact) mass is 832 g/mol. The second-order valence-electron chi connectivity index (χ2n) is 17.0. The molecule has 0 saturated heterocycles. The number of rotatable bonds is 2. The minimum absolute atomic E-state index is 0.00287. The molecule has 0 bridgehead atoms. The van der Waals surface area contributed by atoms with Crippen molar-refractivity contribution in [2.45, 2.75) is 0 Å². The Hall–Kier alpha value is -8.40. The molecule has 0 amide bonds. The van der Waals surface area contributed by atoms with E-state index in [2.05, 4.69) is 66.7 Å². The van der Waals surface area contributed by atoms with Crippen molar-refractivity contribution >= 4 is 143 Å². The van der Waals surface area contributed by atoms with Gasteiger partial charge in [0.25, 0.3) is 6.71 Å². The van der Waals surface area contributed by atoms with Crippen molar-refractivity contribution in [1.82, 2.24) is 0 Å². The molecular weight excluding hydrogens is 784 g/mol. The quantitative estimate of drug-likeness (QED) is 0.126. The summed E-state index contributed by atoms with van der Waals surface area (Å²) in [6.07, 6.45) is 0. The molecule has 0 spiro atoms. The number of nitrogens with zero attached hydrogens (tertiary/aromatic N) is 2. The summed E-state index contributed by atoms with van der Waals surface area (Å²) in [6.45, 7) is -1.18. The molecule has 2 aliphatic heterocycles. The van der Waals surface area contributed by atoms with Crippen LogP contribution < -0.4 is 26.2 Å². The topological polar surface area (TPSA) is 6.48 Å². The highest BCUT2D eigenvalue weighted by Gasteiger charge is 2.44. The molecular formula is C62H37BN2. The molecule has 0 fully saturated rings. The molecule has 0 saturated carbocycles. The Bertz CT molecular complexity index is 4870. The average molecular weight is 833 g/mol. The lowest BCUT2D eigenvalue weighted by Crippen LogP contribution is -2.61. The van der Waals surface area contributed by atoms with Crippen molar-refractivity contribution in [3.8, 4) is 0 Å². The normalized spacial score (nSPS) is 15.7. The standard InChI is InChI=1S/C62H37BN2/c1-3-17-41-38(15-1)31-35-54-61(41)64(40-33-34-50-45-21-6-5-19-43(45)44-20-8-10-25-49(44)53(50)37-40)57-29-14-30-58-60(57)63(54)55-36-32-39-16-2-4-18-42(39)62(55)65(58)56-28-13-27-52-48-23-9-7-22-46(48)47-24-11-12-26-51(47)59(52)56/h1-37H/i1D,2D,3D,4D,15D,16D,17D,18D,31D,32D,35D,36D. The summed E-state index contributed by atoms with van der Waals surface area (Å²) >= 11 is 0. The molecule has 0 atom stereocenters. The van der Waals surface area contributed by atoms with Crippen molar-refractivity contribution in [1.29, 1.82) is 0 Å². The molecule has 3 heteroatoms. The lowest BCUT2D eigenvalue weighted by molar-refractivity contribution is 1.28. The Morgan fingerprint density at radius 3 is 1.31 bits per heavy atom. The smallest absolute Gasteiger partial charge is 0.252 e. The van der Waals surface area contributed by atoms with Crippen LogP contribution in [0.1, 0.15) is 16.4 Å². The summed E-state index contributed by atoms with van der Waals surface area (Å²) < 4.78 is 114. The first kappa shape index (κ1) is 25.6. The zero-order chi connectivity index (χ0) is 52.8. The second-order valence-corrected chi connectivity index (χ2v) is 17.0. The van der Waals surface area contributed by atoms with Crippen LogP contribution in [0.4, 0.5) is 34.1 Å². The fraction of sp³-hybridized carbons (Fsp3) is 0. The van der Waals surface area contributed by atoms with E-state index in [1.165, 1.54) is 0 Å². The van der Waals surface area contributed by atoms with Crippen LogP contribution in [0.15, 0.2) is 224 Å². The van der Waals surface area contributed by atoms with Gasteiger partial charge >= 0.3 is 0 Å². The van der Waals surface area contributed by atoms with Crippen LogP contribution in [0.5, 0.6) is 0 Å². The number of hydrogen-bond acceptors (Lipinski definition) is 2. The molecule has 0 N–H and O–H groups in total. The maximum absolute atomic E-state index is 10.3. The molecule has 13 aromatic carbocycles. The van der Waals surface area contributed by atoms with Crippen LogP contribution in [-0.4, -0.2) is 6.71 Å². The van der Waals surface area contributed by atoms with Gasteiger partial charge in [0.2, 0.25) is 0 Å². The highest BCUT2D eigenvalue weighted by Crippen LogP contribution is 2.51. The molecule has 2 nitrogen and oxygen atoms in total. The molecule has 298 valence electrons. The minimum Gasteiger partial charge on any atom is -0.311 e. The Kier molecular flexibility index (Phi) is 5.16. The number of anilines is 6. The number of hydrogen-bond donors (Lipinski definition) is 0. The van der Waals surface area contributed by atoms with Crippen LogP contribution in [0.3, 0.4) is 0 Å². The Morgan fingerprint density at radius 2 is 0.738 bits per heavy atom. The molecule has 15 rings (SSSR count). The van der Waals surface area contributed by atoms with Crippen molar-refractivity contribution in [2.24, 2.45) is 0 Å². The minimum atomic E-state index is -1.18. The van der Waals surface area contributed by atoms with Gasteiger partial charge in [-0.2, -0.15) is 0 Å². The van der Waals surface area contributed by atoms with Gasteiger partial charge in [-0.3, -0.25) is 0 Å². The van der Waals surface area contributed by atoms with Gasteiger partial charge in [0.1, 0.15) is 0 Å². The van der Waals surface area contributed by atoms with E-state index in [0.29, 0.717) is 28.2 Å². The molecule has 13 aromatic rings. The van der Waals surface area contributed by atoms with Gasteiger partial charge in [-0.1, -0.05) is 194 Å². The van der Waals surface area contributed by atoms with Crippen LogP contribution >= 0.6 is 0 Å². The third kappa shape index (κ3) is 4.69. The van der Waals surface area contributed by atoms with Crippen LogP contribution in [0, 0.1) is 0 Å². The molecule has 2 heterocycles. The van der Waals surface area contributed by atoms with E-state index in [9.17, 15) is 11.0 Å². The Labute approximate surface area is 392 Å². The first-order valence-corrected chi connectivity index (χ1v) is 21.7. The zero-order valence-electron chi connectivity index (χ0n) is 46.4. The number of benzene rings is 13. The third-order valence-corrected chi connectivity index (χ3v) is 13.8. The summed E-state index contributed by atoms with van der Waals surface area (Å²) in [5, 5.41) is 11.4. The summed E-state index contributed by atoms with van der Waals surface area (Å²) in [6, 6.07) is 45.0. The van der Waals surface area contributed by atoms with Crippen LogP contribution in [0.2, 0.25) is 0 Å². The highest BCUT2D eigenvalue weighted by molar-refractivity contribution is 7.00. The van der Waals surface area contributed by atoms with Gasteiger partial charge in [-0.15, -0.1) is 0 Å². The average Bonchev–Trinajstić information content (AvgIpc) is 3.56. The van der Waals surface area contributed by atoms with E-state index in [1.807, 2.05) is 94.7 Å². The van der Waals surface area contributed by atoms with Crippen LogP contribution in [0.25, 0.3) is 86.2 Å². The highest BCUT2D eigenvalue weighted by atomic mass is 15.2. The SMILES string of the molecule is [2H]c1c([2H])c([2H])c2c3c(c([2H])c([2H])c2c1[2H])B1c2c(cccc2N(c2cccc4c5ccccc5c5ccccc5c24)c2c1c([2H])c([2H])c1c([2H])c([2H])c([2H])c([2H])c21)N3c1ccc2c3ccccc3c3ccccc3c2c1. The predicted molar refractivity (Wildman–Crippen MR) is 281 cm³/mol. The maximum Gasteiger partial charge on any atom is 0.252 e. The Balaban J connectivity index is 1.17. The van der Waals surface area contributed by atoms with Gasteiger partial charge in [0, 0.05) is 44.6 Å². The third-order valence-electron chi connectivity index (χ3n) is 13.8. The lowest BCUT2D eigenvalue weighted by atomic mass is 9.33. The van der Waals surface area contributed by atoms with Crippen molar-refractivity contribution in [2.75, 3.05) is 9.80 Å². The van der Waals surface area contributed by atoms with E-state index >= 15 is 0 Å². The van der Waals surface area contributed by atoms with Gasteiger partial charge in [0.15, 0.2) is 0 Å². The largest absolute Gasteiger partial charge is 0.311 e. The Morgan fingerprint density at radius 1 is 0.323 bits per heavy atom. The van der Waals surface area contributed by atoms with Gasteiger partial charge in [-0.25, -0.2) is 0 Å². The van der Waals surface area contributed by atoms with Gasteiger partial charge in [0.05, 0.1) is 22.1 Å². The molecule has 0 aliphatic carbocycles. The predicted octanol–water partition coefficient (Wildman–Crippen LogP) is 15.0. The lowest BCUT2D eigenvalue weighted by Gasteiger charge is -2.45. The van der Waals surface area contributed by atoms with E-state index in [-0.39, 0.29) is 55.9 Å². The second kappa shape index (κ2) is 13.1. The van der Waals surface area contributed by atoms with E-state index in [1.54, 1.807) is 0 Å². The van der Waals surface area contributed by atoms with Crippen molar-refractivity contribution in [3.05, 3.63) is 224 Å². The molecule has 0 aromatic heterocycles. The van der Waals surface area contributed by atoms with Crippen molar-refractivity contribution in [3.63, 3.8) is 0 Å². The first-order valence-electron chi connectivity index (χ1n) is 27.7. The summed E-state index contributed by atoms with van der Waals surface area (Å²) in [5.41, 5.74) is 3.60. The fourth-order valence-corrected chi connectivity index (χ4v) is 11.3.